The molecule has 0 saturated heterocycles. The Morgan fingerprint density at radius 3 is 0.978 bits per heavy atom. The summed E-state index contributed by atoms with van der Waals surface area (Å²) in [5.41, 5.74) is 0. The molecule has 0 aromatic carbocycles. The van der Waals surface area contributed by atoms with Crippen molar-refractivity contribution in [3.05, 3.63) is 109 Å². The minimum absolute atomic E-state index is 0.0910. The Hall–Kier alpha value is -3.79. The van der Waals surface area contributed by atoms with Crippen molar-refractivity contribution in [2.24, 2.45) is 0 Å². The summed E-state index contributed by atoms with van der Waals surface area (Å²) < 4.78 is 60.7. The second kappa shape index (κ2) is 66.2. The summed E-state index contributed by atoms with van der Waals surface area (Å²) in [7, 11) is -9.77. The zero-order chi connectivity index (χ0) is 66.7. The Kier molecular flexibility index (Phi) is 63.5. The summed E-state index contributed by atoms with van der Waals surface area (Å²) in [6.07, 6.45) is 74.6. The van der Waals surface area contributed by atoms with Crippen molar-refractivity contribution in [2.45, 2.75) is 296 Å². The number of ether oxygens (including phenoxy) is 3. The molecule has 5 atom stereocenters. The monoisotopic (exact) mass is 1320 g/mol. The molecule has 91 heavy (non-hydrogen) atoms. The molecule has 0 aliphatic carbocycles. The van der Waals surface area contributed by atoms with Crippen LogP contribution in [0.2, 0.25) is 0 Å². The Morgan fingerprint density at radius 2 is 0.604 bits per heavy atom. The number of phosphoric acid groups is 2. The summed E-state index contributed by atoms with van der Waals surface area (Å²) in [5, 5.41) is 20.5. The molecule has 0 aliphatic rings. The van der Waals surface area contributed by atoms with Crippen LogP contribution < -0.4 is 0 Å². The van der Waals surface area contributed by atoms with Gasteiger partial charge in [0, 0.05) is 19.3 Å². The predicted molar refractivity (Wildman–Crippen MR) is 371 cm³/mol. The Morgan fingerprint density at radius 1 is 0.319 bits per heavy atom. The minimum Gasteiger partial charge on any atom is -0.463 e. The SMILES string of the molecule is CC/C=C\C/C=C\C/C=C\C/C=C\C/C=C\C/C=C\CCCCCCCCCCCCCCC(=O)OCC(O)COP(=O)(O)OCC(O)COP(=O)(O)OCC(COC(=O)CCCCCCC/C=C\C/C=C\CCC)OC(=O)CCCCCCC/C=C\CCCC. The van der Waals surface area contributed by atoms with Gasteiger partial charge in [-0.1, -0.05) is 252 Å². The Balaban J connectivity index is 4.37. The van der Waals surface area contributed by atoms with Crippen LogP contribution in [-0.4, -0.2) is 95.9 Å². The van der Waals surface area contributed by atoms with Crippen molar-refractivity contribution in [3.63, 3.8) is 0 Å². The van der Waals surface area contributed by atoms with E-state index in [1.807, 2.05) is 0 Å². The van der Waals surface area contributed by atoms with Gasteiger partial charge in [0.1, 0.15) is 25.4 Å². The molecule has 524 valence electrons. The smallest absolute Gasteiger partial charge is 0.463 e. The third kappa shape index (κ3) is 67.4. The number of unbranched alkanes of at least 4 members (excludes halogenated alkanes) is 25. The average Bonchev–Trinajstić information content (AvgIpc) is 3.61. The third-order valence-electron chi connectivity index (χ3n) is 14.4. The molecular formula is C73H126O16P2. The van der Waals surface area contributed by atoms with Gasteiger partial charge in [0.2, 0.25) is 0 Å². The first-order valence-corrected chi connectivity index (χ1v) is 38.2. The third-order valence-corrected chi connectivity index (χ3v) is 16.3. The lowest BCUT2D eigenvalue weighted by Gasteiger charge is -2.21. The second-order valence-electron chi connectivity index (χ2n) is 23.3. The van der Waals surface area contributed by atoms with Crippen molar-refractivity contribution in [2.75, 3.05) is 39.6 Å². The molecule has 0 fully saturated rings. The van der Waals surface area contributed by atoms with Gasteiger partial charge in [-0.2, -0.15) is 0 Å². The van der Waals surface area contributed by atoms with Crippen molar-refractivity contribution in [1.29, 1.82) is 0 Å². The highest BCUT2D eigenvalue weighted by Crippen LogP contribution is 2.45. The average molecular weight is 1320 g/mol. The van der Waals surface area contributed by atoms with Gasteiger partial charge in [0.25, 0.3) is 0 Å². The number of hydrogen-bond donors (Lipinski definition) is 4. The van der Waals surface area contributed by atoms with E-state index in [4.69, 9.17) is 32.3 Å². The zero-order valence-corrected chi connectivity index (χ0v) is 58.5. The molecule has 0 aliphatic heterocycles. The maximum absolute atomic E-state index is 12.8. The van der Waals surface area contributed by atoms with Gasteiger partial charge in [0.15, 0.2) is 6.10 Å². The number of aliphatic hydroxyl groups is 2. The van der Waals surface area contributed by atoms with E-state index >= 15 is 0 Å². The maximum atomic E-state index is 12.8. The molecule has 0 spiro atoms. The van der Waals surface area contributed by atoms with Gasteiger partial charge in [-0.05, 0) is 116 Å². The van der Waals surface area contributed by atoms with Gasteiger partial charge < -0.3 is 34.2 Å². The number of hydrogen-bond acceptors (Lipinski definition) is 14. The number of esters is 3. The van der Waals surface area contributed by atoms with E-state index in [9.17, 15) is 43.5 Å². The lowest BCUT2D eigenvalue weighted by atomic mass is 10.0. The van der Waals surface area contributed by atoms with Crippen LogP contribution in [0.5, 0.6) is 0 Å². The molecule has 0 bridgehead atoms. The first-order chi connectivity index (χ1) is 44.2. The lowest BCUT2D eigenvalue weighted by molar-refractivity contribution is -0.161. The number of phosphoric ester groups is 2. The number of carbonyl (C=O) groups is 3. The van der Waals surface area contributed by atoms with Crippen molar-refractivity contribution < 1.29 is 75.8 Å². The molecule has 0 radical (unpaired) electrons. The largest absolute Gasteiger partial charge is 0.472 e. The zero-order valence-electron chi connectivity index (χ0n) is 56.7. The Labute approximate surface area is 551 Å². The fourth-order valence-electron chi connectivity index (χ4n) is 9.06. The molecule has 0 amide bonds. The summed E-state index contributed by atoms with van der Waals surface area (Å²) in [4.78, 5) is 58.2. The molecule has 4 N–H and O–H groups in total. The Bertz CT molecular complexity index is 2100. The molecule has 0 aromatic heterocycles. The molecule has 16 nitrogen and oxygen atoms in total. The number of rotatable bonds is 66. The fourth-order valence-corrected chi connectivity index (χ4v) is 10.6. The molecule has 18 heteroatoms. The van der Waals surface area contributed by atoms with Gasteiger partial charge >= 0.3 is 33.6 Å². The summed E-state index contributed by atoms with van der Waals surface area (Å²) in [6, 6.07) is 0. The van der Waals surface area contributed by atoms with Crippen LogP contribution in [0.4, 0.5) is 0 Å². The quantitative estimate of drug-likeness (QED) is 0.0146. The molecule has 0 saturated carbocycles. The van der Waals surface area contributed by atoms with Crippen LogP contribution in [0.1, 0.15) is 278 Å². The molecule has 0 rings (SSSR count). The number of aliphatic hydroxyl groups excluding tert-OH is 2. The van der Waals surface area contributed by atoms with Crippen LogP contribution >= 0.6 is 15.6 Å². The van der Waals surface area contributed by atoms with Crippen LogP contribution in [0.15, 0.2) is 109 Å². The van der Waals surface area contributed by atoms with Crippen LogP contribution in [0, 0.1) is 0 Å². The summed E-state index contributed by atoms with van der Waals surface area (Å²) in [5.74, 6) is -1.60. The first-order valence-electron chi connectivity index (χ1n) is 35.2. The molecular weight excluding hydrogens is 1190 g/mol. The topological polar surface area (TPSA) is 231 Å². The molecule has 0 aromatic rings. The number of allylic oxidation sites excluding steroid dienone is 18. The van der Waals surface area contributed by atoms with Crippen molar-refractivity contribution in [1.82, 2.24) is 0 Å². The van der Waals surface area contributed by atoms with E-state index < -0.39 is 91.5 Å². The first kappa shape index (κ1) is 87.2. The van der Waals surface area contributed by atoms with Gasteiger partial charge in [-0.3, -0.25) is 32.5 Å². The molecule has 0 heterocycles. The van der Waals surface area contributed by atoms with E-state index in [1.54, 1.807) is 0 Å². The molecule has 5 unspecified atom stereocenters. The van der Waals surface area contributed by atoms with Gasteiger partial charge in [-0.15, -0.1) is 0 Å². The summed E-state index contributed by atoms with van der Waals surface area (Å²) in [6.45, 7) is 2.41. The predicted octanol–water partition coefficient (Wildman–Crippen LogP) is 19.6. The highest BCUT2D eigenvalue weighted by molar-refractivity contribution is 7.47. The second-order valence-corrected chi connectivity index (χ2v) is 26.2. The highest BCUT2D eigenvalue weighted by Gasteiger charge is 2.29. The fraction of sp³-hybridized carbons (Fsp3) is 0.712. The van der Waals surface area contributed by atoms with E-state index in [-0.39, 0.29) is 19.3 Å². The standard InChI is InChI=1S/C73H126O16P2/c1-4-7-10-13-16-19-22-24-25-26-27-28-29-30-31-32-33-34-35-36-37-38-39-40-41-43-46-47-50-53-56-59-71(76)83-62-68(74)63-85-90(79,80)86-64-69(75)65-87-91(81,82)88-67-70(89-73(78)61-58-55-52-49-44-21-18-15-12-9-6-3)66-84-72(77)60-57-54-51-48-45-42-23-20-17-14-11-8-5-2/h7,10-11,14-16,18-20,23-25,27-28,30-31,33-34,68-70,74-75H,4-6,8-9,12-13,17,21-22,26,29,32,35-67H2,1-3H3,(H,79,80)(H,81,82)/b10-7-,14-11-,18-15-,19-16-,23-20-,25-24-,28-27-,31-30-,34-33-. The minimum atomic E-state index is -4.92. The van der Waals surface area contributed by atoms with E-state index in [0.29, 0.717) is 19.3 Å². The number of carbonyl (C=O) groups excluding carboxylic acids is 3. The summed E-state index contributed by atoms with van der Waals surface area (Å²) >= 11 is 0. The highest BCUT2D eigenvalue weighted by atomic mass is 31.2. The van der Waals surface area contributed by atoms with Gasteiger partial charge in [0.05, 0.1) is 26.4 Å². The maximum Gasteiger partial charge on any atom is 0.472 e. The normalized spacial score (nSPS) is 14.8. The van der Waals surface area contributed by atoms with Crippen LogP contribution in [-0.2, 0) is 55.8 Å². The lowest BCUT2D eigenvalue weighted by Crippen LogP contribution is -2.30. The van der Waals surface area contributed by atoms with Crippen molar-refractivity contribution in [3.8, 4) is 0 Å². The van der Waals surface area contributed by atoms with E-state index in [2.05, 4.69) is 130 Å². The van der Waals surface area contributed by atoms with E-state index in [1.165, 1.54) is 64.2 Å². The van der Waals surface area contributed by atoms with Crippen LogP contribution in [0.25, 0.3) is 0 Å². The van der Waals surface area contributed by atoms with Crippen molar-refractivity contribution >= 4 is 33.6 Å². The van der Waals surface area contributed by atoms with Crippen LogP contribution in [0.3, 0.4) is 0 Å². The van der Waals surface area contributed by atoms with E-state index in [0.717, 1.165) is 154 Å². The van der Waals surface area contributed by atoms with Gasteiger partial charge in [-0.25, -0.2) is 9.13 Å².